The summed E-state index contributed by atoms with van der Waals surface area (Å²) >= 11 is 0. The van der Waals surface area contributed by atoms with Crippen LogP contribution in [0.15, 0.2) is 47.5 Å². The second kappa shape index (κ2) is 7.48. The van der Waals surface area contributed by atoms with E-state index in [1.54, 1.807) is 29.3 Å². The molecule has 0 aliphatic carbocycles. The Hall–Kier alpha value is -2.78. The van der Waals surface area contributed by atoms with Crippen LogP contribution in [-0.2, 0) is 23.0 Å². The average molecular weight is 426 g/mol. The first kappa shape index (κ1) is 19.2. The number of aryl methyl sites for hydroxylation is 2. The number of amides is 1. The highest BCUT2D eigenvalue weighted by Crippen LogP contribution is 2.25. The Morgan fingerprint density at radius 3 is 2.57 bits per heavy atom. The standard InChI is InChI=1S/C21H23N5O3S/c27-21(18-15-17-7-1-2-10-26(17)23-18)24-11-13-25(14-12-24)30(28,29)19-8-3-5-16-6-4-9-22-20(16)19/h3-6,8-9,15H,1-2,7,10-14H2. The molecule has 0 spiro atoms. The van der Waals surface area contributed by atoms with Crippen molar-refractivity contribution in [1.82, 2.24) is 24.0 Å². The minimum absolute atomic E-state index is 0.124. The van der Waals surface area contributed by atoms with E-state index in [4.69, 9.17) is 0 Å². The zero-order valence-electron chi connectivity index (χ0n) is 16.6. The van der Waals surface area contributed by atoms with Gasteiger partial charge in [0.1, 0.15) is 4.90 Å². The van der Waals surface area contributed by atoms with Crippen LogP contribution in [0.5, 0.6) is 0 Å². The van der Waals surface area contributed by atoms with E-state index in [-0.39, 0.29) is 23.9 Å². The lowest BCUT2D eigenvalue weighted by atomic mass is 10.1. The molecular weight excluding hydrogens is 402 g/mol. The van der Waals surface area contributed by atoms with Crippen LogP contribution in [0.25, 0.3) is 10.9 Å². The van der Waals surface area contributed by atoms with Crippen LogP contribution in [0, 0.1) is 0 Å². The van der Waals surface area contributed by atoms with Gasteiger partial charge in [-0.15, -0.1) is 0 Å². The van der Waals surface area contributed by atoms with Gasteiger partial charge in [-0.05, 0) is 37.5 Å². The van der Waals surface area contributed by atoms with E-state index in [1.165, 1.54) is 4.31 Å². The number of benzene rings is 1. The Kier molecular flexibility index (Phi) is 4.79. The van der Waals surface area contributed by atoms with Crippen molar-refractivity contribution in [1.29, 1.82) is 0 Å². The first-order valence-corrected chi connectivity index (χ1v) is 11.7. The summed E-state index contributed by atoms with van der Waals surface area (Å²) in [7, 11) is -3.69. The molecule has 2 aromatic heterocycles. The minimum Gasteiger partial charge on any atom is -0.335 e. The second-order valence-corrected chi connectivity index (χ2v) is 9.64. The summed E-state index contributed by atoms with van der Waals surface area (Å²) in [6.07, 6.45) is 4.76. The summed E-state index contributed by atoms with van der Waals surface area (Å²) in [6, 6.07) is 10.7. The molecule has 9 heteroatoms. The highest BCUT2D eigenvalue weighted by molar-refractivity contribution is 7.89. The third-order valence-electron chi connectivity index (χ3n) is 5.87. The summed E-state index contributed by atoms with van der Waals surface area (Å²) in [4.78, 5) is 19.1. The van der Waals surface area contributed by atoms with Crippen molar-refractivity contribution in [3.8, 4) is 0 Å². The fraction of sp³-hybridized carbons (Fsp3) is 0.381. The van der Waals surface area contributed by atoms with Gasteiger partial charge in [0, 0.05) is 50.0 Å². The molecule has 156 valence electrons. The van der Waals surface area contributed by atoms with Crippen LogP contribution in [-0.4, -0.2) is 64.5 Å². The van der Waals surface area contributed by atoms with Crippen LogP contribution < -0.4 is 0 Å². The van der Waals surface area contributed by atoms with Crippen molar-refractivity contribution < 1.29 is 13.2 Å². The van der Waals surface area contributed by atoms with Crippen LogP contribution in [0.1, 0.15) is 29.0 Å². The fourth-order valence-corrected chi connectivity index (χ4v) is 5.83. The van der Waals surface area contributed by atoms with Gasteiger partial charge in [0.05, 0.1) is 5.52 Å². The highest BCUT2D eigenvalue weighted by atomic mass is 32.2. The number of hydrogen-bond acceptors (Lipinski definition) is 5. The summed E-state index contributed by atoms with van der Waals surface area (Å²) in [5.74, 6) is -0.124. The summed E-state index contributed by atoms with van der Waals surface area (Å²) in [5, 5.41) is 5.25. The summed E-state index contributed by atoms with van der Waals surface area (Å²) in [5.41, 5.74) is 2.04. The summed E-state index contributed by atoms with van der Waals surface area (Å²) in [6.45, 7) is 2.06. The predicted octanol–water partition coefficient (Wildman–Crippen LogP) is 1.91. The number of hydrogen-bond donors (Lipinski definition) is 0. The third kappa shape index (κ3) is 3.27. The lowest BCUT2D eigenvalue weighted by Crippen LogP contribution is -2.50. The van der Waals surface area contributed by atoms with Gasteiger partial charge in [-0.25, -0.2) is 8.42 Å². The SMILES string of the molecule is O=C(c1cc2n(n1)CCCC2)N1CCN(S(=O)(=O)c2cccc3cccnc23)CC1. The van der Waals surface area contributed by atoms with Crippen LogP contribution in [0.2, 0.25) is 0 Å². The molecule has 0 radical (unpaired) electrons. The Balaban J connectivity index is 1.33. The van der Waals surface area contributed by atoms with Crippen LogP contribution in [0.4, 0.5) is 0 Å². The topological polar surface area (TPSA) is 88.4 Å². The van der Waals surface area contributed by atoms with E-state index in [1.807, 2.05) is 22.9 Å². The fourth-order valence-electron chi connectivity index (χ4n) is 4.24. The van der Waals surface area contributed by atoms with Gasteiger partial charge in [0.2, 0.25) is 10.0 Å². The second-order valence-electron chi connectivity index (χ2n) is 7.73. The molecule has 2 aliphatic rings. The lowest BCUT2D eigenvalue weighted by Gasteiger charge is -2.33. The molecule has 1 amide bonds. The lowest BCUT2D eigenvalue weighted by molar-refractivity contribution is 0.0691. The van der Waals surface area contributed by atoms with Crippen molar-refractivity contribution in [3.05, 3.63) is 54.0 Å². The average Bonchev–Trinajstić information content (AvgIpc) is 3.22. The van der Waals surface area contributed by atoms with E-state index in [2.05, 4.69) is 10.1 Å². The smallest absolute Gasteiger partial charge is 0.274 e. The maximum atomic E-state index is 13.2. The van der Waals surface area contributed by atoms with E-state index < -0.39 is 10.0 Å². The maximum Gasteiger partial charge on any atom is 0.274 e. The zero-order chi connectivity index (χ0) is 20.7. The Bertz CT molecular complexity index is 1180. The van der Waals surface area contributed by atoms with Crippen molar-refractivity contribution >= 4 is 26.8 Å². The summed E-state index contributed by atoms with van der Waals surface area (Å²) < 4.78 is 29.9. The Morgan fingerprint density at radius 1 is 0.967 bits per heavy atom. The number of nitrogens with zero attached hydrogens (tertiary/aromatic N) is 5. The molecule has 3 aromatic rings. The van der Waals surface area contributed by atoms with Gasteiger partial charge >= 0.3 is 0 Å². The number of pyridine rings is 1. The molecule has 8 nitrogen and oxygen atoms in total. The molecule has 30 heavy (non-hydrogen) atoms. The van der Waals surface area contributed by atoms with Gasteiger partial charge in [-0.1, -0.05) is 18.2 Å². The molecule has 1 saturated heterocycles. The molecule has 0 bridgehead atoms. The van der Waals surface area contributed by atoms with Crippen molar-refractivity contribution in [2.45, 2.75) is 30.7 Å². The third-order valence-corrected chi connectivity index (χ3v) is 7.80. The largest absolute Gasteiger partial charge is 0.335 e. The first-order valence-electron chi connectivity index (χ1n) is 10.2. The predicted molar refractivity (Wildman–Crippen MR) is 112 cm³/mol. The quantitative estimate of drug-likeness (QED) is 0.640. The molecule has 0 N–H and O–H groups in total. The maximum absolute atomic E-state index is 13.2. The molecule has 1 fully saturated rings. The van der Waals surface area contributed by atoms with Crippen LogP contribution in [0.3, 0.4) is 0 Å². The van der Waals surface area contributed by atoms with E-state index in [9.17, 15) is 13.2 Å². The van der Waals surface area contributed by atoms with Gasteiger partial charge < -0.3 is 4.90 Å². The van der Waals surface area contributed by atoms with Crippen molar-refractivity contribution in [3.63, 3.8) is 0 Å². The number of sulfonamides is 1. The first-order chi connectivity index (χ1) is 14.5. The van der Waals surface area contributed by atoms with Gasteiger partial charge in [-0.3, -0.25) is 14.5 Å². The van der Waals surface area contributed by atoms with Crippen molar-refractivity contribution in [2.75, 3.05) is 26.2 Å². The molecular formula is C21H23N5O3S. The zero-order valence-corrected chi connectivity index (χ0v) is 17.4. The van der Waals surface area contributed by atoms with Gasteiger partial charge in [0.15, 0.2) is 5.69 Å². The molecule has 2 aliphatic heterocycles. The van der Waals surface area contributed by atoms with Gasteiger partial charge in [-0.2, -0.15) is 9.40 Å². The normalized spacial score (nSPS) is 17.8. The number of aromatic nitrogens is 3. The number of piperazine rings is 1. The number of para-hydroxylation sites is 1. The monoisotopic (exact) mass is 425 g/mol. The number of fused-ring (bicyclic) bond motifs is 2. The molecule has 5 rings (SSSR count). The minimum atomic E-state index is -3.69. The molecule has 0 atom stereocenters. The molecule has 0 saturated carbocycles. The highest BCUT2D eigenvalue weighted by Gasteiger charge is 2.32. The number of carbonyl (C=O) groups excluding carboxylic acids is 1. The number of carbonyl (C=O) groups is 1. The molecule has 4 heterocycles. The Morgan fingerprint density at radius 2 is 1.77 bits per heavy atom. The molecule has 0 unspecified atom stereocenters. The Labute approximate surface area is 175 Å². The van der Waals surface area contributed by atoms with E-state index in [0.29, 0.717) is 24.3 Å². The van der Waals surface area contributed by atoms with Gasteiger partial charge in [0.25, 0.3) is 5.91 Å². The van der Waals surface area contributed by atoms with E-state index >= 15 is 0 Å². The molecule has 1 aromatic carbocycles. The number of rotatable bonds is 3. The van der Waals surface area contributed by atoms with E-state index in [0.717, 1.165) is 36.9 Å². The van der Waals surface area contributed by atoms with Crippen molar-refractivity contribution in [2.24, 2.45) is 0 Å². The van der Waals surface area contributed by atoms with Crippen LogP contribution >= 0.6 is 0 Å².